The molecular formula is C14H21N5O2S. The summed E-state index contributed by atoms with van der Waals surface area (Å²) in [5, 5.41) is 13.2. The molecule has 0 bridgehead atoms. The van der Waals surface area contributed by atoms with Gasteiger partial charge in [-0.1, -0.05) is 0 Å². The van der Waals surface area contributed by atoms with Crippen molar-refractivity contribution < 1.29 is 9.59 Å². The third-order valence-corrected chi connectivity index (χ3v) is 4.73. The van der Waals surface area contributed by atoms with E-state index in [-0.39, 0.29) is 24.4 Å². The summed E-state index contributed by atoms with van der Waals surface area (Å²) in [5.41, 5.74) is 0.632. The molecule has 0 radical (unpaired) electrons. The van der Waals surface area contributed by atoms with Gasteiger partial charge in [-0.25, -0.2) is 0 Å². The van der Waals surface area contributed by atoms with E-state index in [1.807, 2.05) is 11.8 Å². The molecule has 1 atom stereocenters. The molecule has 2 amide bonds. The fraction of sp³-hybridized carbons (Fsp3) is 0.643. The van der Waals surface area contributed by atoms with Crippen LogP contribution in [0.1, 0.15) is 19.3 Å². The molecule has 3 rings (SSSR count). The van der Waals surface area contributed by atoms with Crippen molar-refractivity contribution in [1.29, 1.82) is 0 Å². The van der Waals surface area contributed by atoms with Gasteiger partial charge in [0.25, 0.3) is 0 Å². The average Bonchev–Trinajstić information content (AvgIpc) is 3.19. The summed E-state index contributed by atoms with van der Waals surface area (Å²) in [7, 11) is 0. The second kappa shape index (κ2) is 7.15. The van der Waals surface area contributed by atoms with Crippen molar-refractivity contribution in [2.75, 3.05) is 23.4 Å². The van der Waals surface area contributed by atoms with Gasteiger partial charge in [-0.15, -0.1) is 0 Å². The van der Waals surface area contributed by atoms with Crippen LogP contribution in [0, 0.1) is 0 Å². The average molecular weight is 323 g/mol. The van der Waals surface area contributed by atoms with Crippen molar-refractivity contribution in [3.8, 4) is 0 Å². The second-order valence-electron chi connectivity index (χ2n) is 5.75. The highest BCUT2D eigenvalue weighted by atomic mass is 32.2. The van der Waals surface area contributed by atoms with Gasteiger partial charge in [0.1, 0.15) is 6.54 Å². The standard InChI is InChI=1S/C14H21N5O2S/c20-13(5-11-9-22-4-3-15-11)18-12-6-16-19(7-12)8-14(21)17-10-1-2-10/h6-7,10-11,15H,1-5,8-9H2,(H,17,21)(H,18,20). The number of amides is 2. The second-order valence-corrected chi connectivity index (χ2v) is 6.90. The summed E-state index contributed by atoms with van der Waals surface area (Å²) in [6.45, 7) is 1.14. The van der Waals surface area contributed by atoms with Crippen molar-refractivity contribution in [2.24, 2.45) is 0 Å². The van der Waals surface area contributed by atoms with Crippen LogP contribution in [0.15, 0.2) is 12.4 Å². The number of rotatable bonds is 6. The molecule has 1 saturated heterocycles. The number of nitrogens with zero attached hydrogens (tertiary/aromatic N) is 2. The summed E-state index contributed by atoms with van der Waals surface area (Å²) in [6, 6.07) is 0.584. The zero-order chi connectivity index (χ0) is 15.4. The molecule has 0 aromatic carbocycles. The van der Waals surface area contributed by atoms with Crippen LogP contribution in [-0.4, -0.2) is 51.7 Å². The summed E-state index contributed by atoms with van der Waals surface area (Å²) >= 11 is 1.87. The smallest absolute Gasteiger partial charge is 0.241 e. The monoisotopic (exact) mass is 323 g/mol. The Hall–Kier alpha value is -1.54. The third-order valence-electron chi connectivity index (χ3n) is 3.60. The number of hydrogen-bond acceptors (Lipinski definition) is 5. The van der Waals surface area contributed by atoms with E-state index >= 15 is 0 Å². The Morgan fingerprint density at radius 3 is 3.00 bits per heavy atom. The van der Waals surface area contributed by atoms with Crippen molar-refractivity contribution in [3.63, 3.8) is 0 Å². The molecule has 7 nitrogen and oxygen atoms in total. The van der Waals surface area contributed by atoms with Crippen LogP contribution in [0.3, 0.4) is 0 Å². The van der Waals surface area contributed by atoms with Gasteiger partial charge in [0.2, 0.25) is 11.8 Å². The summed E-state index contributed by atoms with van der Waals surface area (Å²) in [6.07, 6.45) is 5.86. The maximum atomic E-state index is 12.0. The first kappa shape index (κ1) is 15.4. The molecule has 120 valence electrons. The lowest BCUT2D eigenvalue weighted by atomic mass is 10.2. The Balaban J connectivity index is 1.43. The van der Waals surface area contributed by atoms with Crippen LogP contribution in [0.2, 0.25) is 0 Å². The van der Waals surface area contributed by atoms with E-state index in [0.29, 0.717) is 18.2 Å². The lowest BCUT2D eigenvalue weighted by Crippen LogP contribution is -2.39. The lowest BCUT2D eigenvalue weighted by molar-refractivity contribution is -0.122. The highest BCUT2D eigenvalue weighted by Crippen LogP contribution is 2.18. The quantitative estimate of drug-likeness (QED) is 0.696. The molecule has 2 fully saturated rings. The maximum absolute atomic E-state index is 12.0. The Labute approximate surface area is 133 Å². The molecule has 1 aliphatic carbocycles. The summed E-state index contributed by atoms with van der Waals surface area (Å²) < 4.78 is 1.54. The molecule has 3 N–H and O–H groups in total. The molecule has 8 heteroatoms. The molecular weight excluding hydrogens is 302 g/mol. The van der Waals surface area contributed by atoms with Gasteiger partial charge in [-0.3, -0.25) is 14.3 Å². The zero-order valence-electron chi connectivity index (χ0n) is 12.4. The highest BCUT2D eigenvalue weighted by molar-refractivity contribution is 7.99. The number of hydrogen-bond donors (Lipinski definition) is 3. The van der Waals surface area contributed by atoms with Gasteiger partial charge in [0, 0.05) is 42.8 Å². The molecule has 1 aliphatic heterocycles. The first-order valence-electron chi connectivity index (χ1n) is 7.62. The van der Waals surface area contributed by atoms with E-state index < -0.39 is 0 Å². The number of nitrogens with one attached hydrogen (secondary N) is 3. The van der Waals surface area contributed by atoms with Crippen LogP contribution in [0.5, 0.6) is 0 Å². The minimum atomic E-state index is -0.0353. The molecule has 1 aromatic heterocycles. The lowest BCUT2D eigenvalue weighted by Gasteiger charge is -2.22. The van der Waals surface area contributed by atoms with Crippen molar-refractivity contribution in [1.82, 2.24) is 20.4 Å². The third kappa shape index (κ3) is 4.74. The highest BCUT2D eigenvalue weighted by Gasteiger charge is 2.23. The minimum absolute atomic E-state index is 0.0259. The number of anilines is 1. The Bertz CT molecular complexity index is 537. The van der Waals surface area contributed by atoms with Crippen LogP contribution in [0.4, 0.5) is 5.69 Å². The van der Waals surface area contributed by atoms with Crippen LogP contribution in [-0.2, 0) is 16.1 Å². The van der Waals surface area contributed by atoms with E-state index in [2.05, 4.69) is 21.0 Å². The fourth-order valence-corrected chi connectivity index (χ4v) is 3.30. The SMILES string of the molecule is O=C(CC1CSCCN1)Nc1cnn(CC(=O)NC2CC2)c1. The van der Waals surface area contributed by atoms with Gasteiger partial charge in [0.15, 0.2) is 0 Å². The van der Waals surface area contributed by atoms with Crippen LogP contribution < -0.4 is 16.0 Å². The van der Waals surface area contributed by atoms with E-state index in [0.717, 1.165) is 30.9 Å². The van der Waals surface area contributed by atoms with E-state index in [4.69, 9.17) is 0 Å². The molecule has 1 saturated carbocycles. The Kier molecular flexibility index (Phi) is 4.99. The van der Waals surface area contributed by atoms with Crippen molar-refractivity contribution in [2.45, 2.75) is 37.9 Å². The number of aromatic nitrogens is 2. The summed E-state index contributed by atoms with van der Waals surface area (Å²) in [5.74, 6) is 2.01. The predicted octanol–water partition coefficient (Wildman–Crippen LogP) is 0.195. The van der Waals surface area contributed by atoms with E-state index in [9.17, 15) is 9.59 Å². The van der Waals surface area contributed by atoms with Gasteiger partial charge < -0.3 is 16.0 Å². The molecule has 1 aromatic rings. The van der Waals surface area contributed by atoms with Crippen molar-refractivity contribution >= 4 is 29.3 Å². The van der Waals surface area contributed by atoms with Gasteiger partial charge >= 0.3 is 0 Å². The molecule has 1 unspecified atom stereocenters. The number of carbonyl (C=O) groups is 2. The normalized spacial score (nSPS) is 21.4. The fourth-order valence-electron chi connectivity index (χ4n) is 2.35. The predicted molar refractivity (Wildman–Crippen MR) is 85.8 cm³/mol. The van der Waals surface area contributed by atoms with Gasteiger partial charge in [-0.05, 0) is 12.8 Å². The maximum Gasteiger partial charge on any atom is 0.241 e. The van der Waals surface area contributed by atoms with Crippen LogP contribution in [0.25, 0.3) is 0 Å². The first-order chi connectivity index (χ1) is 10.7. The minimum Gasteiger partial charge on any atom is -0.352 e. The Morgan fingerprint density at radius 2 is 2.27 bits per heavy atom. The van der Waals surface area contributed by atoms with Gasteiger partial charge in [-0.2, -0.15) is 16.9 Å². The largest absolute Gasteiger partial charge is 0.352 e. The topological polar surface area (TPSA) is 88.1 Å². The molecule has 22 heavy (non-hydrogen) atoms. The number of thioether (sulfide) groups is 1. The molecule has 2 aliphatic rings. The Morgan fingerprint density at radius 1 is 1.41 bits per heavy atom. The van der Waals surface area contributed by atoms with Crippen molar-refractivity contribution in [3.05, 3.63) is 12.4 Å². The number of carbonyl (C=O) groups excluding carboxylic acids is 2. The molecule has 0 spiro atoms. The first-order valence-corrected chi connectivity index (χ1v) is 8.77. The van der Waals surface area contributed by atoms with Crippen LogP contribution >= 0.6 is 11.8 Å². The van der Waals surface area contributed by atoms with E-state index in [1.54, 1.807) is 17.1 Å². The molecule has 2 heterocycles. The zero-order valence-corrected chi connectivity index (χ0v) is 13.2. The summed E-state index contributed by atoms with van der Waals surface area (Å²) in [4.78, 5) is 23.7. The van der Waals surface area contributed by atoms with E-state index in [1.165, 1.54) is 0 Å². The van der Waals surface area contributed by atoms with Gasteiger partial charge in [0.05, 0.1) is 11.9 Å².